The fourth-order valence-corrected chi connectivity index (χ4v) is 2.05. The molecule has 0 spiro atoms. The first-order valence-electron chi connectivity index (χ1n) is 6.24. The number of esters is 1. The van der Waals surface area contributed by atoms with Crippen LogP contribution in [0.1, 0.15) is 27.0 Å². The molecule has 0 amide bonds. The quantitative estimate of drug-likeness (QED) is 0.797. The second kappa shape index (κ2) is 5.99. The van der Waals surface area contributed by atoms with Crippen LogP contribution < -0.4 is 0 Å². The van der Waals surface area contributed by atoms with Crippen molar-refractivity contribution in [2.45, 2.75) is 12.6 Å². The molecule has 0 atom stereocenters. The lowest BCUT2D eigenvalue weighted by molar-refractivity contribution is -0.138. The zero-order chi connectivity index (χ0) is 15.5. The number of benzene rings is 2. The summed E-state index contributed by atoms with van der Waals surface area (Å²) in [5, 5.41) is 0. The molecule has 0 fully saturated rings. The van der Waals surface area contributed by atoms with Gasteiger partial charge in [0.05, 0.1) is 18.2 Å². The van der Waals surface area contributed by atoms with Crippen LogP contribution in [0.5, 0.6) is 0 Å². The molecule has 0 aliphatic heterocycles. The van der Waals surface area contributed by atoms with Crippen molar-refractivity contribution in [1.82, 2.24) is 0 Å². The predicted octanol–water partition coefficient (Wildman–Crippen LogP) is 4.08. The number of hydrogen-bond donors (Lipinski definition) is 0. The van der Waals surface area contributed by atoms with Gasteiger partial charge in [-0.05, 0) is 35.7 Å². The average molecular weight is 294 g/mol. The summed E-state index contributed by atoms with van der Waals surface area (Å²) in [7, 11) is 1.27. The number of hydrogen-bond acceptors (Lipinski definition) is 2. The fraction of sp³-hybridized carbons (Fsp3) is 0.188. The number of halogens is 3. The lowest BCUT2D eigenvalue weighted by atomic mass is 9.99. The highest BCUT2D eigenvalue weighted by Gasteiger charge is 2.32. The molecule has 0 unspecified atom stereocenters. The van der Waals surface area contributed by atoms with Crippen molar-refractivity contribution in [2.24, 2.45) is 0 Å². The van der Waals surface area contributed by atoms with E-state index in [2.05, 4.69) is 4.74 Å². The second-order valence-corrected chi connectivity index (χ2v) is 4.52. The van der Waals surface area contributed by atoms with Gasteiger partial charge in [0.15, 0.2) is 0 Å². The minimum Gasteiger partial charge on any atom is -0.465 e. The molecular weight excluding hydrogens is 281 g/mol. The normalized spacial score (nSPS) is 11.2. The largest absolute Gasteiger partial charge is 0.465 e. The van der Waals surface area contributed by atoms with E-state index in [4.69, 9.17) is 0 Å². The molecule has 2 nitrogen and oxygen atoms in total. The smallest absolute Gasteiger partial charge is 0.416 e. The molecule has 2 aromatic carbocycles. The van der Waals surface area contributed by atoms with Crippen LogP contribution in [0.3, 0.4) is 0 Å². The number of alkyl halides is 3. The number of ether oxygens (including phenoxy) is 1. The highest BCUT2D eigenvalue weighted by Crippen LogP contribution is 2.32. The molecular formula is C16H13F3O2. The maximum Gasteiger partial charge on any atom is 0.416 e. The molecule has 0 saturated heterocycles. The van der Waals surface area contributed by atoms with Gasteiger partial charge in [0.2, 0.25) is 0 Å². The fourth-order valence-electron chi connectivity index (χ4n) is 2.05. The minimum atomic E-state index is -4.37. The second-order valence-electron chi connectivity index (χ2n) is 4.52. The Morgan fingerprint density at radius 2 is 1.67 bits per heavy atom. The summed E-state index contributed by atoms with van der Waals surface area (Å²) in [5.74, 6) is -0.475. The predicted molar refractivity (Wildman–Crippen MR) is 72.0 cm³/mol. The van der Waals surface area contributed by atoms with E-state index in [1.54, 1.807) is 18.2 Å². The summed E-state index contributed by atoms with van der Waals surface area (Å²) in [5.41, 5.74) is 0.627. The summed E-state index contributed by atoms with van der Waals surface area (Å²) in [6.07, 6.45) is -4.22. The van der Waals surface area contributed by atoms with Crippen LogP contribution in [0, 0.1) is 0 Å². The van der Waals surface area contributed by atoms with Crippen LogP contribution in [-0.4, -0.2) is 13.1 Å². The van der Waals surface area contributed by atoms with Crippen LogP contribution in [0.4, 0.5) is 13.2 Å². The average Bonchev–Trinajstić information content (AvgIpc) is 2.47. The van der Waals surface area contributed by atoms with Crippen molar-refractivity contribution in [1.29, 1.82) is 0 Å². The molecule has 2 aromatic rings. The van der Waals surface area contributed by atoms with E-state index in [1.807, 2.05) is 0 Å². The molecule has 0 radical (unpaired) electrons. The topological polar surface area (TPSA) is 26.3 Å². The molecule has 0 aliphatic rings. The summed E-state index contributed by atoms with van der Waals surface area (Å²) in [6, 6.07) is 11.8. The maximum absolute atomic E-state index is 12.9. The highest BCUT2D eigenvalue weighted by molar-refractivity contribution is 5.89. The van der Waals surface area contributed by atoms with Gasteiger partial charge in [-0.3, -0.25) is 0 Å². The molecule has 0 bridgehead atoms. The number of carbonyl (C=O) groups excluding carboxylic acids is 1. The number of carbonyl (C=O) groups is 1. The first-order valence-corrected chi connectivity index (χ1v) is 6.24. The van der Waals surface area contributed by atoms with Gasteiger partial charge in [0.25, 0.3) is 0 Å². The van der Waals surface area contributed by atoms with Crippen LogP contribution >= 0.6 is 0 Å². The van der Waals surface area contributed by atoms with Gasteiger partial charge in [0.1, 0.15) is 0 Å². The Hall–Kier alpha value is -2.30. The van der Waals surface area contributed by atoms with Crippen molar-refractivity contribution in [3.8, 4) is 0 Å². The lowest BCUT2D eigenvalue weighted by Crippen LogP contribution is -2.09. The third-order valence-electron chi connectivity index (χ3n) is 3.09. The molecule has 2 rings (SSSR count). The summed E-state index contributed by atoms with van der Waals surface area (Å²) >= 11 is 0. The molecule has 0 saturated carbocycles. The van der Waals surface area contributed by atoms with E-state index in [-0.39, 0.29) is 12.0 Å². The maximum atomic E-state index is 12.9. The van der Waals surface area contributed by atoms with E-state index >= 15 is 0 Å². The van der Waals surface area contributed by atoms with E-state index in [1.165, 1.54) is 31.4 Å². The molecule has 5 heteroatoms. The van der Waals surface area contributed by atoms with Gasteiger partial charge in [-0.1, -0.05) is 30.3 Å². The lowest BCUT2D eigenvalue weighted by Gasteiger charge is -2.12. The molecule has 0 N–H and O–H groups in total. The van der Waals surface area contributed by atoms with Crippen molar-refractivity contribution >= 4 is 5.97 Å². The molecule has 0 heterocycles. The Morgan fingerprint density at radius 3 is 2.24 bits per heavy atom. The van der Waals surface area contributed by atoms with Gasteiger partial charge in [-0.2, -0.15) is 13.2 Å². The number of rotatable bonds is 3. The van der Waals surface area contributed by atoms with Gasteiger partial charge in [0, 0.05) is 0 Å². The Morgan fingerprint density at radius 1 is 1.05 bits per heavy atom. The molecule has 110 valence electrons. The van der Waals surface area contributed by atoms with E-state index < -0.39 is 17.7 Å². The van der Waals surface area contributed by atoms with Crippen molar-refractivity contribution in [2.75, 3.05) is 7.11 Å². The number of methoxy groups -OCH3 is 1. The van der Waals surface area contributed by atoms with Crippen LogP contribution in [0.15, 0.2) is 48.5 Å². The first-order chi connectivity index (χ1) is 9.91. The van der Waals surface area contributed by atoms with Crippen LogP contribution in [0.25, 0.3) is 0 Å². The van der Waals surface area contributed by atoms with Gasteiger partial charge >= 0.3 is 12.1 Å². The van der Waals surface area contributed by atoms with E-state index in [0.29, 0.717) is 11.1 Å². The van der Waals surface area contributed by atoms with Gasteiger partial charge in [-0.25, -0.2) is 4.79 Å². The summed E-state index contributed by atoms with van der Waals surface area (Å²) in [4.78, 5) is 11.3. The Kier molecular flexibility index (Phi) is 4.31. The Balaban J connectivity index is 2.25. The molecule has 21 heavy (non-hydrogen) atoms. The monoisotopic (exact) mass is 294 g/mol. The van der Waals surface area contributed by atoms with Gasteiger partial charge in [-0.15, -0.1) is 0 Å². The summed E-state index contributed by atoms with van der Waals surface area (Å²) in [6.45, 7) is 0. The van der Waals surface area contributed by atoms with Gasteiger partial charge < -0.3 is 4.74 Å². The zero-order valence-electron chi connectivity index (χ0n) is 11.3. The van der Waals surface area contributed by atoms with E-state index in [9.17, 15) is 18.0 Å². The highest BCUT2D eigenvalue weighted by atomic mass is 19.4. The van der Waals surface area contributed by atoms with Crippen molar-refractivity contribution < 1.29 is 22.7 Å². The third-order valence-corrected chi connectivity index (χ3v) is 3.09. The minimum absolute atomic E-state index is 0.150. The zero-order valence-corrected chi connectivity index (χ0v) is 11.3. The third kappa shape index (κ3) is 3.62. The standard InChI is InChI=1S/C16H13F3O2/c1-21-15(20)12-8-6-11(7-9-12)10-13-4-2-3-5-14(13)16(17,18)19/h2-9H,10H2,1H3. The first kappa shape index (κ1) is 15.1. The van der Waals surface area contributed by atoms with Crippen molar-refractivity contribution in [3.63, 3.8) is 0 Å². The summed E-state index contributed by atoms with van der Waals surface area (Å²) < 4.78 is 43.3. The molecule has 0 aromatic heterocycles. The Labute approximate surface area is 120 Å². The van der Waals surface area contributed by atoms with Crippen LogP contribution in [0.2, 0.25) is 0 Å². The Bertz CT molecular complexity index is 631. The van der Waals surface area contributed by atoms with Crippen molar-refractivity contribution in [3.05, 3.63) is 70.8 Å². The molecule has 0 aliphatic carbocycles. The van der Waals surface area contributed by atoms with E-state index in [0.717, 1.165) is 6.07 Å². The SMILES string of the molecule is COC(=O)c1ccc(Cc2ccccc2C(F)(F)F)cc1. The van der Waals surface area contributed by atoms with Crippen LogP contribution in [-0.2, 0) is 17.3 Å².